The molecule has 8 nitrogen and oxygen atoms in total. The second-order valence-corrected chi connectivity index (χ2v) is 9.22. The van der Waals surface area contributed by atoms with Crippen LogP contribution in [-0.4, -0.2) is 82.8 Å². The third-order valence-corrected chi connectivity index (χ3v) is 7.33. The van der Waals surface area contributed by atoms with E-state index in [1.54, 1.807) is 17.1 Å². The highest BCUT2D eigenvalue weighted by Crippen LogP contribution is 2.59. The molecule has 0 aromatic heterocycles. The summed E-state index contributed by atoms with van der Waals surface area (Å²) in [6.07, 6.45) is 6.79. The predicted octanol–water partition coefficient (Wildman–Crippen LogP) is 2.07. The Morgan fingerprint density at radius 3 is 2.73 bits per heavy atom. The lowest BCUT2D eigenvalue weighted by atomic mass is 9.70. The molecule has 0 aliphatic carbocycles. The molecule has 3 heterocycles. The number of hydrogen-bond acceptors (Lipinski definition) is 6. The van der Waals surface area contributed by atoms with E-state index < -0.39 is 41.6 Å². The number of ether oxygens (including phenoxy) is 2. The summed E-state index contributed by atoms with van der Waals surface area (Å²) >= 11 is 0. The van der Waals surface area contributed by atoms with Crippen LogP contribution in [0.3, 0.4) is 0 Å². The summed E-state index contributed by atoms with van der Waals surface area (Å²) in [4.78, 5) is 44.0. The maximum atomic E-state index is 13.9. The zero-order chi connectivity index (χ0) is 24.2. The molecule has 184 valence electrons. The quantitative estimate of drug-likeness (QED) is 0.256. The van der Waals surface area contributed by atoms with Crippen molar-refractivity contribution in [1.82, 2.24) is 9.80 Å². The topological polar surface area (TPSA) is 96.4 Å². The van der Waals surface area contributed by atoms with Crippen LogP contribution in [-0.2, 0) is 23.9 Å². The summed E-state index contributed by atoms with van der Waals surface area (Å²) in [7, 11) is 0. The fourth-order valence-corrected chi connectivity index (χ4v) is 5.75. The molecule has 2 bridgehead atoms. The van der Waals surface area contributed by atoms with Crippen LogP contribution in [0.15, 0.2) is 25.3 Å². The lowest BCUT2D eigenvalue weighted by molar-refractivity contribution is -0.156. The summed E-state index contributed by atoms with van der Waals surface area (Å²) in [5, 5.41) is 10.1. The Bertz CT molecular complexity index is 766. The number of esters is 1. The number of fused-ring (bicyclic) bond motifs is 1. The van der Waals surface area contributed by atoms with Crippen molar-refractivity contribution < 1.29 is 29.0 Å². The maximum absolute atomic E-state index is 13.9. The van der Waals surface area contributed by atoms with Gasteiger partial charge >= 0.3 is 5.97 Å². The van der Waals surface area contributed by atoms with Crippen LogP contribution >= 0.6 is 0 Å². The van der Waals surface area contributed by atoms with Crippen LogP contribution in [0.1, 0.15) is 52.4 Å². The van der Waals surface area contributed by atoms with Gasteiger partial charge in [-0.05, 0) is 32.1 Å². The van der Waals surface area contributed by atoms with E-state index in [-0.39, 0.29) is 25.0 Å². The first-order chi connectivity index (χ1) is 15.9. The summed E-state index contributed by atoms with van der Waals surface area (Å²) in [6, 6.07) is -1.40. The van der Waals surface area contributed by atoms with Crippen molar-refractivity contribution >= 4 is 17.8 Å². The molecule has 3 aliphatic heterocycles. The molecular weight excluding hydrogens is 424 g/mol. The fraction of sp³-hybridized carbons (Fsp3) is 0.720. The third kappa shape index (κ3) is 4.35. The van der Waals surface area contributed by atoms with Crippen LogP contribution in [0.4, 0.5) is 0 Å². The molecule has 3 aliphatic rings. The zero-order valence-corrected chi connectivity index (χ0v) is 19.9. The molecule has 1 spiro atoms. The SMILES string of the molecule is C=CCCOC(=O)[C@@H]1[C@H]2C(=O)N([C@@H](CC)CO)C(C(=O)N(CC=C)CCCC)C23CC[C@H]1O3. The van der Waals surface area contributed by atoms with Gasteiger partial charge in [0.25, 0.3) is 0 Å². The van der Waals surface area contributed by atoms with Gasteiger partial charge in [-0.1, -0.05) is 32.4 Å². The fourth-order valence-electron chi connectivity index (χ4n) is 5.75. The minimum Gasteiger partial charge on any atom is -0.465 e. The highest BCUT2D eigenvalue weighted by atomic mass is 16.6. The molecule has 1 N–H and O–H groups in total. The van der Waals surface area contributed by atoms with Crippen molar-refractivity contribution in [1.29, 1.82) is 0 Å². The Hall–Kier alpha value is -2.19. The van der Waals surface area contributed by atoms with Crippen molar-refractivity contribution in [3.8, 4) is 0 Å². The molecule has 2 amide bonds. The molecular formula is C25H38N2O6. The van der Waals surface area contributed by atoms with Crippen molar-refractivity contribution in [2.24, 2.45) is 11.8 Å². The lowest BCUT2D eigenvalue weighted by Crippen LogP contribution is -2.58. The van der Waals surface area contributed by atoms with Crippen LogP contribution in [0, 0.1) is 11.8 Å². The third-order valence-electron chi connectivity index (χ3n) is 7.33. The highest BCUT2D eigenvalue weighted by molar-refractivity contribution is 5.98. The Morgan fingerprint density at radius 1 is 1.36 bits per heavy atom. The first-order valence-electron chi connectivity index (χ1n) is 12.2. The van der Waals surface area contributed by atoms with Crippen molar-refractivity contribution in [3.63, 3.8) is 0 Å². The minimum atomic E-state index is -1.07. The van der Waals surface area contributed by atoms with Gasteiger partial charge in [0, 0.05) is 13.1 Å². The highest BCUT2D eigenvalue weighted by Gasteiger charge is 2.75. The monoisotopic (exact) mass is 462 g/mol. The van der Waals surface area contributed by atoms with Gasteiger partial charge in [0.2, 0.25) is 11.8 Å². The smallest absolute Gasteiger partial charge is 0.312 e. The number of unbranched alkanes of at least 4 members (excludes halogenated alkanes) is 1. The van der Waals surface area contributed by atoms with E-state index in [2.05, 4.69) is 20.1 Å². The molecule has 3 fully saturated rings. The van der Waals surface area contributed by atoms with E-state index in [9.17, 15) is 19.5 Å². The van der Waals surface area contributed by atoms with Gasteiger partial charge < -0.3 is 24.4 Å². The zero-order valence-electron chi connectivity index (χ0n) is 19.9. The first-order valence-corrected chi connectivity index (χ1v) is 12.2. The van der Waals surface area contributed by atoms with Crippen LogP contribution < -0.4 is 0 Å². The molecule has 3 saturated heterocycles. The maximum Gasteiger partial charge on any atom is 0.312 e. The second-order valence-electron chi connectivity index (χ2n) is 9.22. The molecule has 0 aromatic carbocycles. The summed E-state index contributed by atoms with van der Waals surface area (Å²) in [6.45, 7) is 12.2. The largest absolute Gasteiger partial charge is 0.465 e. The average Bonchev–Trinajstić information content (AvgIpc) is 3.45. The van der Waals surface area contributed by atoms with Gasteiger partial charge in [-0.3, -0.25) is 14.4 Å². The van der Waals surface area contributed by atoms with Gasteiger partial charge in [0.15, 0.2) is 0 Å². The minimum absolute atomic E-state index is 0.198. The van der Waals surface area contributed by atoms with Crippen LogP contribution in [0.25, 0.3) is 0 Å². The van der Waals surface area contributed by atoms with Gasteiger partial charge in [-0.2, -0.15) is 0 Å². The molecule has 33 heavy (non-hydrogen) atoms. The van der Waals surface area contributed by atoms with E-state index >= 15 is 0 Å². The number of nitrogens with zero attached hydrogens (tertiary/aromatic N) is 2. The number of carbonyl (C=O) groups excluding carboxylic acids is 3. The normalized spacial score (nSPS) is 30.8. The summed E-state index contributed by atoms with van der Waals surface area (Å²) in [5.41, 5.74) is -1.07. The predicted molar refractivity (Wildman–Crippen MR) is 123 cm³/mol. The van der Waals surface area contributed by atoms with Gasteiger partial charge in [0.05, 0.1) is 37.2 Å². The van der Waals surface area contributed by atoms with Gasteiger partial charge in [0.1, 0.15) is 11.6 Å². The second kappa shape index (κ2) is 10.8. The van der Waals surface area contributed by atoms with E-state index in [4.69, 9.17) is 9.47 Å². The number of aliphatic hydroxyl groups is 1. The van der Waals surface area contributed by atoms with Crippen molar-refractivity contribution in [3.05, 3.63) is 25.3 Å². The number of rotatable bonds is 13. The Balaban J connectivity index is 1.99. The lowest BCUT2D eigenvalue weighted by Gasteiger charge is -2.39. The average molecular weight is 463 g/mol. The summed E-state index contributed by atoms with van der Waals surface area (Å²) < 4.78 is 11.8. The number of aliphatic hydroxyl groups excluding tert-OH is 1. The van der Waals surface area contributed by atoms with Crippen LogP contribution in [0.2, 0.25) is 0 Å². The van der Waals surface area contributed by atoms with Gasteiger partial charge in [-0.25, -0.2) is 0 Å². The molecule has 2 unspecified atom stereocenters. The molecule has 0 radical (unpaired) electrons. The van der Waals surface area contributed by atoms with Gasteiger partial charge in [-0.15, -0.1) is 13.2 Å². The number of amides is 2. The molecule has 8 heteroatoms. The molecule has 0 saturated carbocycles. The molecule has 0 aromatic rings. The Morgan fingerprint density at radius 2 is 2.12 bits per heavy atom. The van der Waals surface area contributed by atoms with Crippen molar-refractivity contribution in [2.45, 2.75) is 76.2 Å². The molecule has 3 rings (SSSR count). The standard InChI is InChI=1S/C25H38N2O6/c1-5-9-14-26(13-7-3)23(30)21-25-12-11-18(33-25)19(24(31)32-15-10-6-2)20(25)22(29)27(21)17(8-4)16-28/h6-7,17-21,28H,2-3,5,8-16H2,1,4H3/t17-,18+,19-,20-,21?,25?/m0/s1. The van der Waals surface area contributed by atoms with E-state index in [0.717, 1.165) is 12.8 Å². The van der Waals surface area contributed by atoms with E-state index in [1.807, 2.05) is 6.92 Å². The Kier molecular flexibility index (Phi) is 8.34. The number of likely N-dealkylation sites (tertiary alicyclic amines) is 1. The molecule has 6 atom stereocenters. The first kappa shape index (κ1) is 25.4. The number of hydrogen-bond donors (Lipinski definition) is 1. The van der Waals surface area contributed by atoms with Crippen LogP contribution in [0.5, 0.6) is 0 Å². The van der Waals surface area contributed by atoms with E-state index in [0.29, 0.717) is 38.8 Å². The summed E-state index contributed by atoms with van der Waals surface area (Å²) in [5.74, 6) is -2.47. The Labute approximate surface area is 196 Å². The number of carbonyl (C=O) groups is 3. The van der Waals surface area contributed by atoms with Crippen molar-refractivity contribution in [2.75, 3.05) is 26.3 Å². The van der Waals surface area contributed by atoms with E-state index in [1.165, 1.54) is 4.90 Å².